The van der Waals surface area contributed by atoms with E-state index < -0.39 is 0 Å². The Kier molecular flexibility index (Phi) is 4.49. The molecule has 0 heterocycles. The number of hydrogen-bond acceptors (Lipinski definition) is 0. The van der Waals surface area contributed by atoms with E-state index in [1.54, 1.807) is 0 Å². The van der Waals surface area contributed by atoms with E-state index in [4.69, 9.17) is 0 Å². The predicted octanol–water partition coefficient (Wildman–Crippen LogP) is 7.71. The minimum atomic E-state index is 0.343. The summed E-state index contributed by atoms with van der Waals surface area (Å²) < 4.78 is 0. The third kappa shape index (κ3) is 2.50. The zero-order valence-corrected chi connectivity index (χ0v) is 18.5. The van der Waals surface area contributed by atoms with E-state index in [0.29, 0.717) is 5.92 Å². The number of hydrogen-bond donors (Lipinski definition) is 0. The zero-order chi connectivity index (χ0) is 20.3. The van der Waals surface area contributed by atoms with Crippen LogP contribution in [0.25, 0.3) is 5.57 Å². The van der Waals surface area contributed by atoms with Crippen molar-refractivity contribution in [2.45, 2.75) is 61.3 Å². The van der Waals surface area contributed by atoms with Crippen LogP contribution in [0, 0.1) is 33.6 Å². The summed E-state index contributed by atoms with van der Waals surface area (Å²) in [6, 6.07) is 10.9. The number of rotatable bonds is 2. The van der Waals surface area contributed by atoms with Crippen molar-refractivity contribution in [3.8, 4) is 0 Å². The molecule has 0 nitrogen and oxygen atoms in total. The molecule has 4 rings (SSSR count). The largest absolute Gasteiger partial charge is 0.0672 e. The van der Waals surface area contributed by atoms with Gasteiger partial charge in [-0.05, 0) is 111 Å². The third-order valence-corrected chi connectivity index (χ3v) is 7.54. The molecule has 0 aliphatic heterocycles. The van der Waals surface area contributed by atoms with E-state index >= 15 is 0 Å². The SMILES string of the molecule is CC1=C(C)C(C)=C(C)[C]1C1C=C(c2ccccc2)c2c(C)c(C)c(C)c(C)c21. The van der Waals surface area contributed by atoms with E-state index in [1.807, 2.05) is 0 Å². The minimum Gasteiger partial charge on any atom is -0.0672 e. The molecule has 2 aromatic carbocycles. The van der Waals surface area contributed by atoms with E-state index in [0.717, 1.165) is 0 Å². The van der Waals surface area contributed by atoms with Gasteiger partial charge in [0, 0.05) is 11.8 Å². The molecule has 0 heteroatoms. The van der Waals surface area contributed by atoms with Crippen molar-refractivity contribution in [2.24, 2.45) is 0 Å². The number of fused-ring (bicyclic) bond motifs is 1. The van der Waals surface area contributed by atoms with Crippen LogP contribution < -0.4 is 0 Å². The maximum Gasteiger partial charge on any atom is 0.0370 e. The lowest BCUT2D eigenvalue weighted by atomic mass is 9.77. The predicted molar refractivity (Wildman–Crippen MR) is 122 cm³/mol. The monoisotopic (exact) mass is 367 g/mol. The lowest BCUT2D eigenvalue weighted by Crippen LogP contribution is -2.12. The zero-order valence-electron chi connectivity index (χ0n) is 18.5. The summed E-state index contributed by atoms with van der Waals surface area (Å²) in [7, 11) is 0. The number of allylic oxidation sites excluding steroid dienone is 5. The van der Waals surface area contributed by atoms with Crippen molar-refractivity contribution in [1.82, 2.24) is 0 Å². The maximum absolute atomic E-state index is 2.53. The highest BCUT2D eigenvalue weighted by atomic mass is 14.4. The van der Waals surface area contributed by atoms with Gasteiger partial charge in [0.2, 0.25) is 0 Å². The molecule has 0 aromatic heterocycles. The van der Waals surface area contributed by atoms with E-state index in [1.165, 1.54) is 72.7 Å². The first kappa shape index (κ1) is 19.0. The molecule has 0 saturated carbocycles. The molecule has 0 bridgehead atoms. The van der Waals surface area contributed by atoms with Gasteiger partial charge in [-0.15, -0.1) is 0 Å². The fourth-order valence-electron chi connectivity index (χ4n) is 5.21. The molecule has 2 aliphatic carbocycles. The van der Waals surface area contributed by atoms with E-state index in [9.17, 15) is 0 Å². The van der Waals surface area contributed by atoms with Crippen LogP contribution in [-0.2, 0) is 0 Å². The van der Waals surface area contributed by atoms with Crippen LogP contribution in [0.4, 0.5) is 0 Å². The molecule has 0 amide bonds. The average Bonchev–Trinajstić information content (AvgIpc) is 3.17. The highest BCUT2D eigenvalue weighted by molar-refractivity contribution is 5.90. The summed E-state index contributed by atoms with van der Waals surface area (Å²) in [5.74, 6) is 1.86. The third-order valence-electron chi connectivity index (χ3n) is 7.54. The quantitative estimate of drug-likeness (QED) is 0.510. The molecule has 1 radical (unpaired) electrons. The second-order valence-electron chi connectivity index (χ2n) is 8.63. The molecule has 0 N–H and O–H groups in total. The number of benzene rings is 2. The molecule has 0 saturated heterocycles. The van der Waals surface area contributed by atoms with Crippen LogP contribution in [-0.4, -0.2) is 0 Å². The van der Waals surface area contributed by atoms with Gasteiger partial charge in [-0.3, -0.25) is 0 Å². The summed E-state index contributed by atoms with van der Waals surface area (Å²) in [4.78, 5) is 0. The average molecular weight is 368 g/mol. The molecule has 1 atom stereocenters. The first-order chi connectivity index (χ1) is 13.3. The van der Waals surface area contributed by atoms with Gasteiger partial charge in [0.15, 0.2) is 0 Å². The van der Waals surface area contributed by atoms with Crippen LogP contribution in [0.2, 0.25) is 0 Å². The summed E-state index contributed by atoms with van der Waals surface area (Å²) in [6.07, 6.45) is 2.53. The Balaban J connectivity index is 2.03. The summed E-state index contributed by atoms with van der Waals surface area (Å²) in [6.45, 7) is 18.4. The lowest BCUT2D eigenvalue weighted by molar-refractivity contribution is 0.884. The second-order valence-corrected chi connectivity index (χ2v) is 8.63. The Labute approximate surface area is 170 Å². The van der Waals surface area contributed by atoms with Gasteiger partial charge < -0.3 is 0 Å². The lowest BCUT2D eigenvalue weighted by Gasteiger charge is -2.26. The summed E-state index contributed by atoms with van der Waals surface area (Å²) >= 11 is 0. The maximum atomic E-state index is 2.53. The second kappa shape index (κ2) is 6.62. The van der Waals surface area contributed by atoms with Gasteiger partial charge in [0.1, 0.15) is 0 Å². The molecular formula is C28H31. The first-order valence-corrected chi connectivity index (χ1v) is 10.4. The van der Waals surface area contributed by atoms with Crippen molar-refractivity contribution in [3.63, 3.8) is 0 Å². The van der Waals surface area contributed by atoms with Gasteiger partial charge in [-0.2, -0.15) is 0 Å². The van der Waals surface area contributed by atoms with Crippen molar-refractivity contribution in [3.05, 3.63) is 104 Å². The van der Waals surface area contributed by atoms with E-state index in [-0.39, 0.29) is 0 Å². The first-order valence-electron chi connectivity index (χ1n) is 10.4. The van der Waals surface area contributed by atoms with Gasteiger partial charge in [0.05, 0.1) is 0 Å². The van der Waals surface area contributed by atoms with Crippen LogP contribution in [0.15, 0.2) is 58.7 Å². The molecule has 0 fully saturated rings. The fraction of sp³-hybridized carbons (Fsp3) is 0.321. The molecule has 0 spiro atoms. The Hall–Kier alpha value is -2.34. The molecule has 2 aliphatic rings. The van der Waals surface area contributed by atoms with Gasteiger partial charge in [-0.1, -0.05) is 47.6 Å². The Morgan fingerprint density at radius 3 is 1.68 bits per heavy atom. The Morgan fingerprint density at radius 2 is 1.11 bits per heavy atom. The van der Waals surface area contributed by atoms with Crippen LogP contribution >= 0.6 is 0 Å². The molecule has 2 aromatic rings. The van der Waals surface area contributed by atoms with Crippen LogP contribution in [0.3, 0.4) is 0 Å². The summed E-state index contributed by atoms with van der Waals surface area (Å²) in [5.41, 5.74) is 17.3. The van der Waals surface area contributed by atoms with Crippen LogP contribution in [0.1, 0.15) is 72.6 Å². The highest BCUT2D eigenvalue weighted by Crippen LogP contribution is 2.54. The van der Waals surface area contributed by atoms with E-state index in [2.05, 4.69) is 91.8 Å². The van der Waals surface area contributed by atoms with Crippen molar-refractivity contribution >= 4 is 5.57 Å². The van der Waals surface area contributed by atoms with Crippen molar-refractivity contribution < 1.29 is 0 Å². The van der Waals surface area contributed by atoms with Gasteiger partial charge in [-0.25, -0.2) is 0 Å². The normalized spacial score (nSPS) is 19.6. The van der Waals surface area contributed by atoms with Crippen LogP contribution in [0.5, 0.6) is 0 Å². The smallest absolute Gasteiger partial charge is 0.0370 e. The Bertz CT molecular complexity index is 1050. The molecule has 1 unspecified atom stereocenters. The molecule has 143 valence electrons. The Morgan fingerprint density at radius 1 is 0.571 bits per heavy atom. The minimum absolute atomic E-state index is 0.343. The topological polar surface area (TPSA) is 0 Å². The highest BCUT2D eigenvalue weighted by Gasteiger charge is 2.38. The summed E-state index contributed by atoms with van der Waals surface area (Å²) in [5, 5.41) is 0. The van der Waals surface area contributed by atoms with Gasteiger partial charge in [0.25, 0.3) is 0 Å². The van der Waals surface area contributed by atoms with Gasteiger partial charge >= 0.3 is 0 Å². The molecule has 28 heavy (non-hydrogen) atoms. The van der Waals surface area contributed by atoms with Crippen molar-refractivity contribution in [2.75, 3.05) is 0 Å². The fourth-order valence-corrected chi connectivity index (χ4v) is 5.21. The van der Waals surface area contributed by atoms with Crippen molar-refractivity contribution in [1.29, 1.82) is 0 Å². The standard InChI is InChI=1S/C28H31/c1-15-16(2)20(6)26(19(15)5)25-14-24(23-12-10-9-11-13-23)27-21(7)17(3)18(4)22(8)28(25)27/h9-14,25H,1-8H3. The molecular weight excluding hydrogens is 336 g/mol.